The normalized spacial score (nSPS) is 15.9. The van der Waals surface area contributed by atoms with Gasteiger partial charge in [0, 0.05) is 25.3 Å². The summed E-state index contributed by atoms with van der Waals surface area (Å²) in [6, 6.07) is 10.3. The highest BCUT2D eigenvalue weighted by atomic mass is 35.5. The summed E-state index contributed by atoms with van der Waals surface area (Å²) >= 11 is 6.43. The number of hydrogen-bond acceptors (Lipinski definition) is 4. The Labute approximate surface area is 176 Å². The van der Waals surface area contributed by atoms with E-state index in [-0.39, 0.29) is 30.9 Å². The fourth-order valence-corrected chi connectivity index (χ4v) is 3.36. The van der Waals surface area contributed by atoms with Crippen LogP contribution in [0, 0.1) is 5.82 Å². The molecule has 4 nitrogen and oxygen atoms in total. The van der Waals surface area contributed by atoms with Crippen LogP contribution in [0.3, 0.4) is 0 Å². The van der Waals surface area contributed by atoms with Crippen LogP contribution in [0.15, 0.2) is 36.4 Å². The van der Waals surface area contributed by atoms with Crippen molar-refractivity contribution in [2.24, 2.45) is 0 Å². The highest BCUT2D eigenvalue weighted by molar-refractivity contribution is 6.32. The fourth-order valence-electron chi connectivity index (χ4n) is 3.07. The zero-order valence-corrected chi connectivity index (χ0v) is 17.5. The van der Waals surface area contributed by atoms with Crippen LogP contribution in [0.5, 0.6) is 11.5 Å². The minimum Gasteiger partial charge on any atom is -0.490 e. The van der Waals surface area contributed by atoms with Crippen molar-refractivity contribution >= 4 is 24.0 Å². The lowest BCUT2D eigenvalue weighted by Crippen LogP contribution is -2.25. The van der Waals surface area contributed by atoms with E-state index in [1.807, 2.05) is 19.1 Å². The lowest BCUT2D eigenvalue weighted by atomic mass is 10.2. The van der Waals surface area contributed by atoms with Crippen molar-refractivity contribution in [2.75, 3.05) is 19.8 Å². The minimum absolute atomic E-state index is 0. The Balaban J connectivity index is 0.00000280. The molecule has 0 radical (unpaired) electrons. The van der Waals surface area contributed by atoms with Gasteiger partial charge >= 0.3 is 0 Å². The van der Waals surface area contributed by atoms with E-state index in [4.69, 9.17) is 25.8 Å². The van der Waals surface area contributed by atoms with Gasteiger partial charge in [-0.2, -0.15) is 0 Å². The monoisotopic (exact) mass is 429 g/mol. The van der Waals surface area contributed by atoms with Gasteiger partial charge < -0.3 is 19.5 Å². The second-order valence-corrected chi connectivity index (χ2v) is 6.89. The Bertz CT molecular complexity index is 754. The summed E-state index contributed by atoms with van der Waals surface area (Å²) in [5.41, 5.74) is 1.47. The van der Waals surface area contributed by atoms with Gasteiger partial charge in [0.2, 0.25) is 0 Å². The van der Waals surface area contributed by atoms with Crippen LogP contribution in [-0.4, -0.2) is 25.9 Å². The van der Waals surface area contributed by atoms with Crippen molar-refractivity contribution in [3.63, 3.8) is 0 Å². The number of benzene rings is 2. The molecule has 1 unspecified atom stereocenters. The molecule has 0 amide bonds. The third-order valence-corrected chi connectivity index (χ3v) is 4.70. The Morgan fingerprint density at radius 3 is 2.79 bits per heavy atom. The lowest BCUT2D eigenvalue weighted by molar-refractivity contribution is 0.110. The van der Waals surface area contributed by atoms with Crippen molar-refractivity contribution in [3.05, 3.63) is 58.4 Å². The zero-order valence-electron chi connectivity index (χ0n) is 15.9. The number of nitrogens with one attached hydrogen (secondary N) is 1. The van der Waals surface area contributed by atoms with Crippen LogP contribution < -0.4 is 14.8 Å². The van der Waals surface area contributed by atoms with Crippen molar-refractivity contribution in [3.8, 4) is 11.5 Å². The Kier molecular flexibility index (Phi) is 9.32. The van der Waals surface area contributed by atoms with Gasteiger partial charge in [-0.25, -0.2) is 4.39 Å². The van der Waals surface area contributed by atoms with Gasteiger partial charge in [0.1, 0.15) is 12.4 Å². The maximum atomic E-state index is 13.8. The topological polar surface area (TPSA) is 39.7 Å². The molecule has 1 N–H and O–H groups in total. The average molecular weight is 430 g/mol. The van der Waals surface area contributed by atoms with Crippen LogP contribution >= 0.6 is 24.0 Å². The molecule has 0 spiro atoms. The number of hydrogen-bond donors (Lipinski definition) is 1. The molecule has 28 heavy (non-hydrogen) atoms. The summed E-state index contributed by atoms with van der Waals surface area (Å²) in [5.74, 6) is 0.696. The minimum atomic E-state index is -0.304. The van der Waals surface area contributed by atoms with E-state index >= 15 is 0 Å². The second kappa shape index (κ2) is 11.5. The smallest absolute Gasteiger partial charge is 0.180 e. The molecule has 7 heteroatoms. The highest BCUT2D eigenvalue weighted by Crippen LogP contribution is 2.37. The second-order valence-electron chi connectivity index (χ2n) is 6.48. The maximum Gasteiger partial charge on any atom is 0.180 e. The molecule has 0 aliphatic carbocycles. The summed E-state index contributed by atoms with van der Waals surface area (Å²) in [6.45, 7) is 4.79. The van der Waals surface area contributed by atoms with Gasteiger partial charge in [0.05, 0.1) is 17.7 Å². The summed E-state index contributed by atoms with van der Waals surface area (Å²) < 4.78 is 30.9. The molecule has 1 saturated heterocycles. The molecule has 1 atom stereocenters. The lowest BCUT2D eigenvalue weighted by Gasteiger charge is -2.16. The fraction of sp³-hybridized carbons (Fsp3) is 0.429. The number of rotatable bonds is 9. The summed E-state index contributed by atoms with van der Waals surface area (Å²) in [6.07, 6.45) is 2.51. The summed E-state index contributed by atoms with van der Waals surface area (Å²) in [4.78, 5) is 0. The first-order valence-corrected chi connectivity index (χ1v) is 9.69. The van der Waals surface area contributed by atoms with E-state index in [1.165, 1.54) is 6.07 Å². The zero-order chi connectivity index (χ0) is 19.1. The Morgan fingerprint density at radius 1 is 1.25 bits per heavy atom. The van der Waals surface area contributed by atoms with Crippen molar-refractivity contribution in [2.45, 2.75) is 39.0 Å². The third kappa shape index (κ3) is 6.24. The van der Waals surface area contributed by atoms with Crippen LogP contribution in [-0.2, 0) is 17.9 Å². The maximum absolute atomic E-state index is 13.8. The molecular weight excluding hydrogens is 404 g/mol. The van der Waals surface area contributed by atoms with Gasteiger partial charge in [0.25, 0.3) is 0 Å². The molecule has 0 bridgehead atoms. The van der Waals surface area contributed by atoms with E-state index in [1.54, 1.807) is 18.2 Å². The first-order chi connectivity index (χ1) is 13.2. The van der Waals surface area contributed by atoms with Crippen molar-refractivity contribution in [1.29, 1.82) is 0 Å². The van der Waals surface area contributed by atoms with Gasteiger partial charge in [-0.15, -0.1) is 12.4 Å². The molecule has 2 aromatic rings. The Morgan fingerprint density at radius 2 is 2.07 bits per heavy atom. The highest BCUT2D eigenvalue weighted by Gasteiger charge is 2.16. The molecule has 1 aliphatic rings. The van der Waals surface area contributed by atoms with Crippen molar-refractivity contribution in [1.82, 2.24) is 5.32 Å². The molecule has 3 rings (SSSR count). The molecule has 1 aliphatic heterocycles. The molecule has 0 saturated carbocycles. The SMILES string of the molecule is CCOc1cc(CNCC2CCCO2)cc(Cl)c1OCc1ccccc1F.Cl. The molecule has 1 fully saturated rings. The van der Waals surface area contributed by atoms with E-state index in [0.29, 0.717) is 35.2 Å². The molecular formula is C21H26Cl2FNO3. The first kappa shape index (κ1) is 22.8. The van der Waals surface area contributed by atoms with E-state index < -0.39 is 0 Å². The summed E-state index contributed by atoms with van der Waals surface area (Å²) in [5, 5.41) is 3.85. The molecule has 2 aromatic carbocycles. The largest absolute Gasteiger partial charge is 0.490 e. The van der Waals surface area contributed by atoms with Crippen LogP contribution in [0.2, 0.25) is 5.02 Å². The van der Waals surface area contributed by atoms with Gasteiger partial charge in [0.15, 0.2) is 11.5 Å². The first-order valence-electron chi connectivity index (χ1n) is 9.31. The van der Waals surface area contributed by atoms with Crippen LogP contribution in [0.1, 0.15) is 30.9 Å². The summed E-state index contributed by atoms with van der Waals surface area (Å²) in [7, 11) is 0. The standard InChI is InChI=1S/C21H25ClFNO3.ClH/c1-2-25-20-11-15(12-24-13-17-7-5-9-26-17)10-18(22)21(20)27-14-16-6-3-4-8-19(16)23;/h3-4,6,8,10-11,17,24H,2,5,7,9,12-14H2,1H3;1H. The predicted octanol–water partition coefficient (Wildman–Crippen LogP) is 5.15. The van der Waals surface area contributed by atoms with Crippen LogP contribution in [0.4, 0.5) is 4.39 Å². The van der Waals surface area contributed by atoms with Crippen LogP contribution in [0.25, 0.3) is 0 Å². The molecule has 1 heterocycles. The molecule has 154 valence electrons. The number of halogens is 3. The predicted molar refractivity (Wildman–Crippen MR) is 111 cm³/mol. The van der Waals surface area contributed by atoms with Gasteiger partial charge in [-0.1, -0.05) is 29.8 Å². The Hall–Kier alpha value is -1.53. The molecule has 0 aromatic heterocycles. The van der Waals surface area contributed by atoms with Gasteiger partial charge in [-0.05, 0) is 43.5 Å². The average Bonchev–Trinajstić information content (AvgIpc) is 3.16. The van der Waals surface area contributed by atoms with E-state index in [0.717, 1.165) is 31.6 Å². The van der Waals surface area contributed by atoms with E-state index in [2.05, 4.69) is 5.32 Å². The number of ether oxygens (including phenoxy) is 3. The third-order valence-electron chi connectivity index (χ3n) is 4.42. The van der Waals surface area contributed by atoms with Gasteiger partial charge in [-0.3, -0.25) is 0 Å². The quantitative estimate of drug-likeness (QED) is 0.598. The van der Waals surface area contributed by atoms with Crippen molar-refractivity contribution < 1.29 is 18.6 Å². The van der Waals surface area contributed by atoms with E-state index in [9.17, 15) is 4.39 Å².